The second kappa shape index (κ2) is 6.08. The Morgan fingerprint density at radius 1 is 1.33 bits per heavy atom. The number of benzene rings is 1. The molecular weight excluding hydrogens is 242 g/mol. The highest BCUT2D eigenvalue weighted by atomic mass is 35.5. The number of hydrogen-bond acceptors (Lipinski definition) is 1. The average molecular weight is 266 g/mol. The van der Waals surface area contributed by atoms with Gasteiger partial charge in [-0.2, -0.15) is 0 Å². The van der Waals surface area contributed by atoms with Crippen LogP contribution in [0.2, 0.25) is 5.02 Å². The fourth-order valence-electron chi connectivity index (χ4n) is 3.57. The van der Waals surface area contributed by atoms with Crippen LogP contribution in [0.25, 0.3) is 0 Å². The molecule has 1 N–H and O–H groups in total. The standard InChI is InChI=1S/C16H24ClN/c1-3-9-16(4-2)10-11-18-12-14(16)13-7-5-6-8-15(13)17/h5-8,14,18H,3-4,9-12H2,1-2H3. The zero-order valence-corrected chi connectivity index (χ0v) is 12.3. The maximum Gasteiger partial charge on any atom is 0.0441 e. The van der Waals surface area contributed by atoms with E-state index in [-0.39, 0.29) is 0 Å². The fraction of sp³-hybridized carbons (Fsp3) is 0.625. The van der Waals surface area contributed by atoms with Gasteiger partial charge < -0.3 is 5.32 Å². The lowest BCUT2D eigenvalue weighted by atomic mass is 9.64. The highest BCUT2D eigenvalue weighted by Crippen LogP contribution is 2.48. The Balaban J connectivity index is 2.35. The summed E-state index contributed by atoms with van der Waals surface area (Å²) in [7, 11) is 0. The third-order valence-electron chi connectivity index (χ3n) is 4.62. The van der Waals surface area contributed by atoms with Crippen molar-refractivity contribution >= 4 is 11.6 Å². The lowest BCUT2D eigenvalue weighted by molar-refractivity contribution is 0.139. The van der Waals surface area contributed by atoms with E-state index < -0.39 is 0 Å². The second-order valence-electron chi connectivity index (χ2n) is 5.49. The van der Waals surface area contributed by atoms with Gasteiger partial charge in [0.15, 0.2) is 0 Å². The van der Waals surface area contributed by atoms with Crippen LogP contribution in [0.3, 0.4) is 0 Å². The van der Waals surface area contributed by atoms with Crippen molar-refractivity contribution in [1.29, 1.82) is 0 Å². The largest absolute Gasteiger partial charge is 0.316 e. The number of hydrogen-bond donors (Lipinski definition) is 1. The predicted octanol–water partition coefficient (Wildman–Crippen LogP) is 4.61. The van der Waals surface area contributed by atoms with Crippen LogP contribution >= 0.6 is 11.6 Å². The van der Waals surface area contributed by atoms with Gasteiger partial charge in [0, 0.05) is 17.5 Å². The summed E-state index contributed by atoms with van der Waals surface area (Å²) in [6.45, 7) is 6.85. The van der Waals surface area contributed by atoms with E-state index in [4.69, 9.17) is 11.6 Å². The van der Waals surface area contributed by atoms with E-state index >= 15 is 0 Å². The number of halogens is 1. The number of nitrogens with one attached hydrogen (secondary N) is 1. The predicted molar refractivity (Wildman–Crippen MR) is 79.3 cm³/mol. The van der Waals surface area contributed by atoms with Crippen molar-refractivity contribution < 1.29 is 0 Å². The Morgan fingerprint density at radius 2 is 2.11 bits per heavy atom. The maximum atomic E-state index is 6.41. The monoisotopic (exact) mass is 265 g/mol. The second-order valence-corrected chi connectivity index (χ2v) is 5.90. The van der Waals surface area contributed by atoms with Gasteiger partial charge in [-0.25, -0.2) is 0 Å². The highest BCUT2D eigenvalue weighted by Gasteiger charge is 2.39. The minimum Gasteiger partial charge on any atom is -0.316 e. The third-order valence-corrected chi connectivity index (χ3v) is 4.96. The van der Waals surface area contributed by atoms with E-state index in [0.29, 0.717) is 11.3 Å². The van der Waals surface area contributed by atoms with Crippen molar-refractivity contribution in [2.45, 2.75) is 45.4 Å². The molecule has 100 valence electrons. The Morgan fingerprint density at radius 3 is 2.78 bits per heavy atom. The molecule has 1 nitrogen and oxygen atoms in total. The lowest BCUT2D eigenvalue weighted by Crippen LogP contribution is -2.43. The van der Waals surface area contributed by atoms with Gasteiger partial charge >= 0.3 is 0 Å². The third kappa shape index (κ3) is 2.57. The topological polar surface area (TPSA) is 12.0 Å². The Hall–Kier alpha value is -0.530. The van der Waals surface area contributed by atoms with E-state index in [9.17, 15) is 0 Å². The highest BCUT2D eigenvalue weighted by molar-refractivity contribution is 6.31. The molecule has 0 aromatic heterocycles. The smallest absolute Gasteiger partial charge is 0.0441 e. The molecule has 0 amide bonds. The van der Waals surface area contributed by atoms with E-state index in [2.05, 4.69) is 31.3 Å². The van der Waals surface area contributed by atoms with Gasteiger partial charge in [0.25, 0.3) is 0 Å². The molecule has 0 saturated carbocycles. The first-order chi connectivity index (χ1) is 8.73. The summed E-state index contributed by atoms with van der Waals surface area (Å²) < 4.78 is 0. The maximum absolute atomic E-state index is 6.41. The van der Waals surface area contributed by atoms with Gasteiger partial charge in [-0.1, -0.05) is 50.1 Å². The fourth-order valence-corrected chi connectivity index (χ4v) is 3.84. The van der Waals surface area contributed by atoms with E-state index in [1.165, 1.54) is 31.2 Å². The van der Waals surface area contributed by atoms with Crippen molar-refractivity contribution in [2.24, 2.45) is 5.41 Å². The number of piperidine rings is 1. The molecule has 2 atom stereocenters. The molecule has 0 radical (unpaired) electrons. The van der Waals surface area contributed by atoms with Crippen molar-refractivity contribution in [3.05, 3.63) is 34.9 Å². The molecule has 0 spiro atoms. The quantitative estimate of drug-likeness (QED) is 0.838. The van der Waals surface area contributed by atoms with Crippen LogP contribution in [0.5, 0.6) is 0 Å². The first-order valence-electron chi connectivity index (χ1n) is 7.18. The SMILES string of the molecule is CCCC1(CC)CCNCC1c1ccccc1Cl. The van der Waals surface area contributed by atoms with Crippen molar-refractivity contribution in [3.8, 4) is 0 Å². The van der Waals surface area contributed by atoms with Crippen LogP contribution in [0.1, 0.15) is 51.0 Å². The first kappa shape index (κ1) is 13.9. The zero-order chi connectivity index (χ0) is 13.0. The van der Waals surface area contributed by atoms with Gasteiger partial charge in [0.05, 0.1) is 0 Å². The Labute approximate surface area is 116 Å². The van der Waals surface area contributed by atoms with Crippen molar-refractivity contribution in [3.63, 3.8) is 0 Å². The zero-order valence-electron chi connectivity index (χ0n) is 11.5. The van der Waals surface area contributed by atoms with Gasteiger partial charge in [-0.3, -0.25) is 0 Å². The molecule has 1 aliphatic heterocycles. The summed E-state index contributed by atoms with van der Waals surface area (Å²) in [5, 5.41) is 4.48. The average Bonchev–Trinajstić information content (AvgIpc) is 2.40. The van der Waals surface area contributed by atoms with Crippen LogP contribution in [0.15, 0.2) is 24.3 Å². The molecule has 2 rings (SSSR count). The molecule has 2 unspecified atom stereocenters. The molecule has 1 saturated heterocycles. The summed E-state index contributed by atoms with van der Waals surface area (Å²) in [5.74, 6) is 0.560. The van der Waals surface area contributed by atoms with Gasteiger partial charge in [-0.05, 0) is 42.9 Å². The Bertz CT molecular complexity index is 386. The molecular formula is C16H24ClN. The minimum absolute atomic E-state index is 0.436. The summed E-state index contributed by atoms with van der Waals surface area (Å²) in [4.78, 5) is 0. The molecule has 0 aliphatic carbocycles. The van der Waals surface area contributed by atoms with E-state index in [1.807, 2.05) is 12.1 Å². The normalized spacial score (nSPS) is 28.3. The molecule has 1 aromatic rings. The lowest BCUT2D eigenvalue weighted by Gasteiger charge is -2.45. The molecule has 1 aliphatic rings. The van der Waals surface area contributed by atoms with E-state index in [1.54, 1.807) is 0 Å². The van der Waals surface area contributed by atoms with Gasteiger partial charge in [0.2, 0.25) is 0 Å². The molecule has 1 heterocycles. The summed E-state index contributed by atoms with van der Waals surface area (Å²) >= 11 is 6.41. The first-order valence-corrected chi connectivity index (χ1v) is 7.56. The number of rotatable bonds is 4. The van der Waals surface area contributed by atoms with Gasteiger partial charge in [-0.15, -0.1) is 0 Å². The van der Waals surface area contributed by atoms with Crippen LogP contribution < -0.4 is 5.32 Å². The molecule has 0 bridgehead atoms. The van der Waals surface area contributed by atoms with Crippen LogP contribution in [0, 0.1) is 5.41 Å². The Kier molecular flexibility index (Phi) is 4.69. The van der Waals surface area contributed by atoms with Gasteiger partial charge in [0.1, 0.15) is 0 Å². The summed E-state index contributed by atoms with van der Waals surface area (Å²) in [5.41, 5.74) is 1.77. The molecule has 1 fully saturated rings. The van der Waals surface area contributed by atoms with Crippen molar-refractivity contribution in [1.82, 2.24) is 5.32 Å². The van der Waals surface area contributed by atoms with E-state index in [0.717, 1.165) is 18.1 Å². The molecule has 18 heavy (non-hydrogen) atoms. The van der Waals surface area contributed by atoms with Crippen LogP contribution in [-0.2, 0) is 0 Å². The molecule has 2 heteroatoms. The van der Waals surface area contributed by atoms with Crippen LogP contribution in [-0.4, -0.2) is 13.1 Å². The summed E-state index contributed by atoms with van der Waals surface area (Å²) in [6, 6.07) is 8.37. The summed E-state index contributed by atoms with van der Waals surface area (Å²) in [6.07, 6.45) is 5.08. The van der Waals surface area contributed by atoms with Crippen LogP contribution in [0.4, 0.5) is 0 Å². The molecule has 1 aromatic carbocycles. The minimum atomic E-state index is 0.436. The van der Waals surface area contributed by atoms with Crippen molar-refractivity contribution in [2.75, 3.05) is 13.1 Å².